The van der Waals surface area contributed by atoms with Crippen LogP contribution in [0.4, 0.5) is 0 Å². The molecule has 1 aliphatic heterocycles. The highest BCUT2D eigenvalue weighted by atomic mass is 28.1. The summed E-state index contributed by atoms with van der Waals surface area (Å²) in [4.78, 5) is 10.8. The van der Waals surface area contributed by atoms with Crippen LogP contribution in [0.5, 0.6) is 0 Å². The molecule has 1 heterocycles. The van der Waals surface area contributed by atoms with Gasteiger partial charge in [0, 0.05) is 16.7 Å². The van der Waals surface area contributed by atoms with Crippen molar-refractivity contribution >= 4 is 16.2 Å². The Kier molecular flexibility index (Phi) is 3.08. The van der Waals surface area contributed by atoms with Crippen LogP contribution < -0.4 is 0 Å². The number of rotatable bonds is 2. The summed E-state index contributed by atoms with van der Waals surface area (Å²) in [7, 11) is 1.14. The zero-order valence-electron chi connectivity index (χ0n) is 6.75. The van der Waals surface area contributed by atoms with Crippen LogP contribution in [0.15, 0.2) is 0 Å². The molecule has 0 aromatic carbocycles. The molecule has 1 rings (SSSR count). The van der Waals surface area contributed by atoms with Crippen molar-refractivity contribution in [3.8, 4) is 0 Å². The summed E-state index contributed by atoms with van der Waals surface area (Å²) in [5.41, 5.74) is 0. The number of aliphatic hydroxyl groups is 1. The topological polar surface area (TPSA) is 46.5 Å². The lowest BCUT2D eigenvalue weighted by molar-refractivity contribution is -0.160. The molecule has 0 bridgehead atoms. The fourth-order valence-corrected chi connectivity index (χ4v) is 2.00. The minimum Gasteiger partial charge on any atom is -0.462 e. The fraction of sp³-hybridized carbons (Fsp3) is 0.857. The van der Waals surface area contributed by atoms with Crippen molar-refractivity contribution in [2.24, 2.45) is 0 Å². The zero-order chi connectivity index (χ0) is 8.27. The number of aliphatic hydroxyl groups excluding tert-OH is 1. The Balaban J connectivity index is 2.36. The van der Waals surface area contributed by atoms with Crippen LogP contribution in [0.25, 0.3) is 0 Å². The molecule has 0 aliphatic carbocycles. The molecule has 1 fully saturated rings. The van der Waals surface area contributed by atoms with Crippen molar-refractivity contribution in [3.63, 3.8) is 0 Å². The van der Waals surface area contributed by atoms with Crippen LogP contribution in [0, 0.1) is 0 Å². The Labute approximate surface area is 69.2 Å². The van der Waals surface area contributed by atoms with Crippen LogP contribution in [-0.2, 0) is 9.53 Å². The summed E-state index contributed by atoms with van der Waals surface area (Å²) >= 11 is 0. The highest BCUT2D eigenvalue weighted by Gasteiger charge is 2.25. The van der Waals surface area contributed by atoms with Gasteiger partial charge in [-0.2, -0.15) is 0 Å². The zero-order valence-corrected chi connectivity index (χ0v) is 8.75. The molecule has 0 radical (unpaired) electrons. The van der Waals surface area contributed by atoms with E-state index >= 15 is 0 Å². The monoisotopic (exact) mass is 174 g/mol. The Hall–Kier alpha value is -0.353. The van der Waals surface area contributed by atoms with Crippen LogP contribution in [0.3, 0.4) is 0 Å². The molecule has 0 spiro atoms. The van der Waals surface area contributed by atoms with E-state index in [0.29, 0.717) is 6.42 Å². The van der Waals surface area contributed by atoms with Gasteiger partial charge in [0.2, 0.25) is 0 Å². The third kappa shape index (κ3) is 2.63. The number of esters is 1. The van der Waals surface area contributed by atoms with Gasteiger partial charge >= 0.3 is 5.97 Å². The predicted octanol–water partition coefficient (Wildman–Crippen LogP) is -0.773. The molecule has 1 N–H and O–H groups in total. The summed E-state index contributed by atoms with van der Waals surface area (Å²) in [5, 5.41) is 9.19. The summed E-state index contributed by atoms with van der Waals surface area (Å²) < 4.78 is 5.02. The molecule has 0 aromatic heterocycles. The number of carbonyl (C=O) groups is 1. The third-order valence-corrected chi connectivity index (χ3v) is 2.42. The number of hydrogen-bond acceptors (Lipinski definition) is 3. The second-order valence-electron chi connectivity index (χ2n) is 2.99. The molecule has 64 valence electrons. The van der Waals surface area contributed by atoms with E-state index in [9.17, 15) is 9.90 Å². The molecule has 1 aliphatic rings. The molecule has 2 atom stereocenters. The Morgan fingerprint density at radius 3 is 3.00 bits per heavy atom. The van der Waals surface area contributed by atoms with E-state index in [-0.39, 0.29) is 18.5 Å². The number of carbonyl (C=O) groups excluding carboxylic acids is 1. The minimum atomic E-state index is -0.463. The molecule has 3 nitrogen and oxygen atoms in total. The van der Waals surface area contributed by atoms with Gasteiger partial charge < -0.3 is 9.84 Å². The van der Waals surface area contributed by atoms with Crippen molar-refractivity contribution in [1.29, 1.82) is 0 Å². The van der Waals surface area contributed by atoms with Crippen LogP contribution in [0.1, 0.15) is 19.3 Å². The second kappa shape index (κ2) is 3.87. The summed E-state index contributed by atoms with van der Waals surface area (Å²) in [6.07, 6.45) is 1.26. The average Bonchev–Trinajstić information content (AvgIpc) is 1.85. The van der Waals surface area contributed by atoms with E-state index in [4.69, 9.17) is 4.74 Å². The lowest BCUT2D eigenvalue weighted by Crippen LogP contribution is -2.32. The molecule has 2 unspecified atom stereocenters. The van der Waals surface area contributed by atoms with Gasteiger partial charge in [0.25, 0.3) is 0 Å². The van der Waals surface area contributed by atoms with E-state index in [0.717, 1.165) is 22.7 Å². The SMILES string of the molecule is O=C1CC(O)CC(CC[SiH3])O1. The molecule has 0 aromatic rings. The molecule has 4 heteroatoms. The standard InChI is InChI=1S/C7H14O3Si/c8-5-3-6(1-2-11)10-7(9)4-5/h5-6,8H,1-4H2,11H3. The van der Waals surface area contributed by atoms with E-state index in [1.807, 2.05) is 0 Å². The molecular weight excluding hydrogens is 160 g/mol. The normalized spacial score (nSPS) is 31.9. The third-order valence-electron chi connectivity index (χ3n) is 1.85. The molecular formula is C7H14O3Si. The number of hydrogen-bond donors (Lipinski definition) is 1. The van der Waals surface area contributed by atoms with Crippen molar-refractivity contribution in [2.75, 3.05) is 0 Å². The quantitative estimate of drug-likeness (QED) is 0.441. The summed E-state index contributed by atoms with van der Waals surface area (Å²) in [5.74, 6) is -0.246. The van der Waals surface area contributed by atoms with Crippen molar-refractivity contribution in [3.05, 3.63) is 0 Å². The average molecular weight is 174 g/mol. The predicted molar refractivity (Wildman–Crippen MR) is 44.5 cm³/mol. The maximum absolute atomic E-state index is 10.8. The first-order valence-electron chi connectivity index (χ1n) is 4.10. The van der Waals surface area contributed by atoms with Crippen LogP contribution >= 0.6 is 0 Å². The number of ether oxygens (including phenoxy) is 1. The Bertz CT molecular complexity index is 149. The van der Waals surface area contributed by atoms with Crippen molar-refractivity contribution < 1.29 is 14.6 Å². The summed E-state index contributed by atoms with van der Waals surface area (Å²) in [6, 6.07) is 1.13. The van der Waals surface area contributed by atoms with Crippen molar-refractivity contribution in [2.45, 2.75) is 37.5 Å². The van der Waals surface area contributed by atoms with Gasteiger partial charge in [0.05, 0.1) is 12.5 Å². The van der Waals surface area contributed by atoms with Crippen LogP contribution in [-0.4, -0.2) is 33.5 Å². The summed E-state index contributed by atoms with van der Waals surface area (Å²) in [6.45, 7) is 0. The molecule has 0 saturated carbocycles. The van der Waals surface area contributed by atoms with Gasteiger partial charge in [-0.25, -0.2) is 0 Å². The first kappa shape index (κ1) is 8.74. The highest BCUT2D eigenvalue weighted by molar-refractivity contribution is 6.08. The van der Waals surface area contributed by atoms with Crippen LogP contribution in [0.2, 0.25) is 6.04 Å². The molecule has 1 saturated heterocycles. The Morgan fingerprint density at radius 1 is 1.73 bits per heavy atom. The van der Waals surface area contributed by atoms with E-state index < -0.39 is 6.10 Å². The molecule has 11 heavy (non-hydrogen) atoms. The first-order valence-corrected chi connectivity index (χ1v) is 5.51. The maximum atomic E-state index is 10.8. The first-order chi connectivity index (χ1) is 5.22. The second-order valence-corrected chi connectivity index (χ2v) is 3.99. The lowest BCUT2D eigenvalue weighted by Gasteiger charge is -2.25. The van der Waals surface area contributed by atoms with Gasteiger partial charge in [0.1, 0.15) is 6.10 Å². The van der Waals surface area contributed by atoms with Gasteiger partial charge in [-0.3, -0.25) is 4.79 Å². The fourth-order valence-electron chi connectivity index (χ4n) is 1.36. The van der Waals surface area contributed by atoms with Gasteiger partial charge in [0.15, 0.2) is 0 Å². The lowest BCUT2D eigenvalue weighted by atomic mass is 10.0. The maximum Gasteiger partial charge on any atom is 0.308 e. The van der Waals surface area contributed by atoms with Gasteiger partial charge in [-0.05, 0) is 6.42 Å². The van der Waals surface area contributed by atoms with E-state index in [1.165, 1.54) is 0 Å². The van der Waals surface area contributed by atoms with Crippen molar-refractivity contribution in [1.82, 2.24) is 0 Å². The van der Waals surface area contributed by atoms with E-state index in [2.05, 4.69) is 0 Å². The highest BCUT2D eigenvalue weighted by Crippen LogP contribution is 2.18. The smallest absolute Gasteiger partial charge is 0.308 e. The Morgan fingerprint density at radius 2 is 2.45 bits per heavy atom. The largest absolute Gasteiger partial charge is 0.462 e. The molecule has 0 amide bonds. The van der Waals surface area contributed by atoms with Gasteiger partial charge in [-0.15, -0.1) is 0 Å². The number of cyclic esters (lactones) is 1. The van der Waals surface area contributed by atoms with E-state index in [1.54, 1.807) is 0 Å². The van der Waals surface area contributed by atoms with Gasteiger partial charge in [-0.1, -0.05) is 6.04 Å². The minimum absolute atomic E-state index is 0.0104.